The van der Waals surface area contributed by atoms with Crippen LogP contribution in [-0.4, -0.2) is 21.9 Å². The van der Waals surface area contributed by atoms with E-state index in [0.29, 0.717) is 4.90 Å². The van der Waals surface area contributed by atoms with Crippen LogP contribution in [0.2, 0.25) is 0 Å². The maximum Gasteiger partial charge on any atom is 0.268 e. The lowest BCUT2D eigenvalue weighted by molar-refractivity contribution is 0.590. The zero-order valence-corrected chi connectivity index (χ0v) is 21.7. The fourth-order valence-electron chi connectivity index (χ4n) is 6.19. The Kier molecular flexibility index (Phi) is 5.08. The summed E-state index contributed by atoms with van der Waals surface area (Å²) in [7, 11) is -3.77. The van der Waals surface area contributed by atoms with Gasteiger partial charge in [0, 0.05) is 34.7 Å². The van der Waals surface area contributed by atoms with Crippen molar-refractivity contribution in [2.45, 2.75) is 50.5 Å². The molecule has 0 atom stereocenters. The van der Waals surface area contributed by atoms with Crippen LogP contribution in [0.3, 0.4) is 0 Å². The Labute approximate surface area is 216 Å². The molecule has 5 nitrogen and oxygen atoms in total. The number of hydrogen-bond acceptors (Lipinski definition) is 2. The molecular formula is C31H29N3O2S. The first kappa shape index (κ1) is 22.4. The predicted octanol–water partition coefficient (Wildman–Crippen LogP) is 6.74. The molecule has 0 bridgehead atoms. The van der Waals surface area contributed by atoms with Crippen molar-refractivity contribution in [3.63, 3.8) is 0 Å². The van der Waals surface area contributed by atoms with Crippen molar-refractivity contribution >= 4 is 42.9 Å². The van der Waals surface area contributed by atoms with Crippen molar-refractivity contribution in [3.8, 4) is 0 Å². The van der Waals surface area contributed by atoms with Crippen LogP contribution in [-0.2, 0) is 35.8 Å². The van der Waals surface area contributed by atoms with Gasteiger partial charge in [-0.1, -0.05) is 54.1 Å². The lowest BCUT2D eigenvalue weighted by Gasteiger charge is -2.17. The minimum Gasteiger partial charge on any atom is -0.361 e. The Bertz CT molecular complexity index is 1900. The molecule has 0 aliphatic heterocycles. The van der Waals surface area contributed by atoms with E-state index in [0.717, 1.165) is 71.7 Å². The molecule has 0 spiro atoms. The topological polar surface area (TPSA) is 59.8 Å². The van der Waals surface area contributed by atoms with Crippen LogP contribution in [0.5, 0.6) is 0 Å². The van der Waals surface area contributed by atoms with Gasteiger partial charge in [-0.2, -0.15) is 0 Å². The number of nitrogens with zero attached hydrogens (tertiary/aromatic N) is 2. The zero-order valence-electron chi connectivity index (χ0n) is 20.9. The highest BCUT2D eigenvalue weighted by Gasteiger charge is 2.31. The second kappa shape index (κ2) is 8.38. The Hall–Kier alpha value is -3.77. The van der Waals surface area contributed by atoms with Crippen molar-refractivity contribution in [2.75, 3.05) is 0 Å². The van der Waals surface area contributed by atoms with Crippen LogP contribution in [0.15, 0.2) is 83.9 Å². The van der Waals surface area contributed by atoms with E-state index in [1.165, 1.54) is 22.2 Å². The number of fused-ring (bicyclic) bond motifs is 6. The summed E-state index contributed by atoms with van der Waals surface area (Å²) in [5.74, 6) is 0. The van der Waals surface area contributed by atoms with Gasteiger partial charge in [-0.15, -0.1) is 0 Å². The van der Waals surface area contributed by atoms with E-state index in [1.807, 2.05) is 37.3 Å². The highest BCUT2D eigenvalue weighted by Crippen LogP contribution is 2.40. The molecule has 6 heteroatoms. The summed E-state index contributed by atoms with van der Waals surface area (Å²) in [6.45, 7) is 2.79. The van der Waals surface area contributed by atoms with Gasteiger partial charge in [-0.25, -0.2) is 12.4 Å². The van der Waals surface area contributed by atoms with Crippen LogP contribution < -0.4 is 0 Å². The Morgan fingerprint density at radius 2 is 1.57 bits per heavy atom. The van der Waals surface area contributed by atoms with Gasteiger partial charge in [0.05, 0.1) is 21.4 Å². The molecule has 0 saturated carbocycles. The molecule has 1 N–H and O–H groups in total. The Morgan fingerprint density at radius 1 is 0.838 bits per heavy atom. The maximum atomic E-state index is 14.2. The van der Waals surface area contributed by atoms with E-state index in [-0.39, 0.29) is 0 Å². The van der Waals surface area contributed by atoms with Gasteiger partial charge < -0.3 is 9.55 Å². The number of H-pyrrole nitrogens is 1. The van der Waals surface area contributed by atoms with E-state index in [4.69, 9.17) is 0 Å². The highest BCUT2D eigenvalue weighted by atomic mass is 32.2. The van der Waals surface area contributed by atoms with Gasteiger partial charge in [0.2, 0.25) is 0 Å². The molecule has 1 aliphatic carbocycles. The van der Waals surface area contributed by atoms with Crippen LogP contribution >= 0.6 is 0 Å². The Morgan fingerprint density at radius 3 is 2.41 bits per heavy atom. The number of benzene rings is 3. The first-order valence-corrected chi connectivity index (χ1v) is 14.5. The van der Waals surface area contributed by atoms with Crippen molar-refractivity contribution in [1.82, 2.24) is 13.5 Å². The predicted molar refractivity (Wildman–Crippen MR) is 150 cm³/mol. The van der Waals surface area contributed by atoms with Crippen molar-refractivity contribution in [2.24, 2.45) is 0 Å². The average molecular weight is 508 g/mol. The maximum absolute atomic E-state index is 14.2. The molecule has 3 heterocycles. The van der Waals surface area contributed by atoms with Gasteiger partial charge >= 0.3 is 0 Å². The van der Waals surface area contributed by atoms with Gasteiger partial charge in [-0.05, 0) is 74.4 Å². The lowest BCUT2D eigenvalue weighted by atomic mass is 9.97. The molecule has 3 aromatic carbocycles. The number of aromatic nitrogens is 3. The summed E-state index contributed by atoms with van der Waals surface area (Å²) in [6, 6.07) is 23.6. The first-order chi connectivity index (χ1) is 18.0. The molecule has 37 heavy (non-hydrogen) atoms. The van der Waals surface area contributed by atoms with Gasteiger partial charge in [0.15, 0.2) is 0 Å². The summed E-state index contributed by atoms with van der Waals surface area (Å²) in [5.41, 5.74) is 8.66. The van der Waals surface area contributed by atoms with E-state index in [9.17, 15) is 8.42 Å². The lowest BCUT2D eigenvalue weighted by Crippen LogP contribution is -2.14. The van der Waals surface area contributed by atoms with Crippen molar-refractivity contribution in [3.05, 3.63) is 101 Å². The standard InChI is InChI=1S/C31H29N3O2S/c1-21-14-16-23(17-15-21)37(35,36)34-29-13-7-4-10-26(29)30-31(34)25-9-3-6-12-28(25)33(30)19-18-22-20-32-27-11-5-2-8-24(22)27/h2,4-5,7-8,10-11,13-17,20,32H,3,6,9,12,18-19H2,1H3. The summed E-state index contributed by atoms with van der Waals surface area (Å²) in [5, 5.41) is 2.26. The highest BCUT2D eigenvalue weighted by molar-refractivity contribution is 7.90. The number of aryl methyl sites for hydroxylation is 4. The number of rotatable bonds is 5. The summed E-state index contributed by atoms with van der Waals surface area (Å²) >= 11 is 0. The van der Waals surface area contributed by atoms with E-state index in [2.05, 4.69) is 46.1 Å². The zero-order chi connectivity index (χ0) is 25.1. The van der Waals surface area contributed by atoms with E-state index in [1.54, 1.807) is 16.1 Å². The van der Waals surface area contributed by atoms with Crippen LogP contribution in [0.1, 0.15) is 35.2 Å². The van der Waals surface area contributed by atoms with E-state index >= 15 is 0 Å². The fraction of sp³-hybridized carbons (Fsp3) is 0.226. The third kappa shape index (κ3) is 3.39. The summed E-state index contributed by atoms with van der Waals surface area (Å²) < 4.78 is 32.4. The number of para-hydroxylation sites is 2. The number of aromatic amines is 1. The SMILES string of the molecule is Cc1ccc(S(=O)(=O)n2c3ccccc3c3c2c2c(n3CCc3c[nH]c4ccccc34)CCCC2)cc1. The van der Waals surface area contributed by atoms with Crippen LogP contribution in [0.25, 0.3) is 32.8 Å². The quantitative estimate of drug-likeness (QED) is 0.281. The Balaban J connectivity index is 1.46. The molecule has 0 unspecified atom stereocenters. The average Bonchev–Trinajstić information content (AvgIpc) is 3.58. The summed E-state index contributed by atoms with van der Waals surface area (Å²) in [4.78, 5) is 3.73. The molecule has 6 aromatic rings. The van der Waals surface area contributed by atoms with E-state index < -0.39 is 10.0 Å². The second-order valence-corrected chi connectivity index (χ2v) is 12.0. The fourth-order valence-corrected chi connectivity index (χ4v) is 7.74. The van der Waals surface area contributed by atoms with Crippen LogP contribution in [0.4, 0.5) is 0 Å². The molecule has 0 fully saturated rings. The van der Waals surface area contributed by atoms with Gasteiger partial charge in [0.25, 0.3) is 10.0 Å². The third-order valence-corrected chi connectivity index (χ3v) is 9.69. The second-order valence-electron chi connectivity index (χ2n) is 10.2. The smallest absolute Gasteiger partial charge is 0.268 e. The molecular weight excluding hydrogens is 478 g/mol. The van der Waals surface area contributed by atoms with Crippen LogP contribution in [0, 0.1) is 6.92 Å². The third-order valence-electron chi connectivity index (χ3n) is 7.96. The summed E-state index contributed by atoms with van der Waals surface area (Å²) in [6.07, 6.45) is 7.10. The van der Waals surface area contributed by atoms with Gasteiger partial charge in [0.1, 0.15) is 0 Å². The number of hydrogen-bond donors (Lipinski definition) is 1. The monoisotopic (exact) mass is 507 g/mol. The minimum atomic E-state index is -3.77. The van der Waals surface area contributed by atoms with Gasteiger partial charge in [-0.3, -0.25) is 0 Å². The molecule has 3 aromatic heterocycles. The molecule has 0 radical (unpaired) electrons. The first-order valence-electron chi connectivity index (χ1n) is 13.0. The molecule has 186 valence electrons. The van der Waals surface area contributed by atoms with Crippen molar-refractivity contribution < 1.29 is 8.42 Å². The molecule has 0 amide bonds. The largest absolute Gasteiger partial charge is 0.361 e. The van der Waals surface area contributed by atoms with Crippen molar-refractivity contribution in [1.29, 1.82) is 0 Å². The molecule has 0 saturated heterocycles. The normalized spacial score (nSPS) is 14.1. The number of nitrogens with one attached hydrogen (secondary N) is 1. The minimum absolute atomic E-state index is 0.330. The molecule has 1 aliphatic rings. The molecule has 7 rings (SSSR count).